The second kappa shape index (κ2) is 30.5. The number of hydrogen-bond acceptors (Lipinski definition) is 16. The van der Waals surface area contributed by atoms with Crippen LogP contribution < -0.4 is 25.6 Å². The highest BCUT2D eigenvalue weighted by atomic mass is 32.2. The van der Waals surface area contributed by atoms with Crippen molar-refractivity contribution in [1.29, 1.82) is 0 Å². The van der Waals surface area contributed by atoms with Gasteiger partial charge >= 0.3 is 5.51 Å². The van der Waals surface area contributed by atoms with Gasteiger partial charge in [-0.1, -0.05) is 82.0 Å². The van der Waals surface area contributed by atoms with Crippen molar-refractivity contribution < 1.29 is 58.8 Å². The van der Waals surface area contributed by atoms with Crippen LogP contribution >= 0.6 is 11.8 Å². The number of benzene rings is 4. The molecule has 6 amide bonds. The van der Waals surface area contributed by atoms with Crippen molar-refractivity contribution in [3.05, 3.63) is 131 Å². The van der Waals surface area contributed by atoms with Crippen LogP contribution in [0.25, 0.3) is 0 Å². The van der Waals surface area contributed by atoms with Crippen LogP contribution in [0.3, 0.4) is 0 Å². The summed E-state index contributed by atoms with van der Waals surface area (Å²) in [6.45, 7) is 19.6. The van der Waals surface area contributed by atoms with Crippen molar-refractivity contribution in [1.82, 2.24) is 29.6 Å². The lowest BCUT2D eigenvalue weighted by Crippen LogP contribution is -2.54. The number of rotatable bonds is 28. The first-order valence-corrected chi connectivity index (χ1v) is 35.8. The molecule has 5 aliphatic rings. The number of carbonyl (C=O) groups excluding carboxylic acids is 6. The van der Waals surface area contributed by atoms with E-state index in [0.29, 0.717) is 44.3 Å². The molecule has 0 bridgehead atoms. The summed E-state index contributed by atoms with van der Waals surface area (Å²) in [5.41, 5.74) is -0.720. The quantitative estimate of drug-likeness (QED) is 0.0235. The Kier molecular flexibility index (Phi) is 23.0. The number of fused-ring (bicyclic) bond motifs is 1. The number of sulfonamides is 1. The molecule has 4 N–H and O–H groups in total. The van der Waals surface area contributed by atoms with Crippen molar-refractivity contribution in [3.8, 4) is 0 Å². The SMILES string of the molecule is C=C(CCCC)C1=C(CN2CCN(c3ccc(C(=O)NS(=O)(=O)c4ccc(N[C@H](CCN5CCN(CCCCCCC(=O)Nc6cccc7c6C(=O)N(C6CCC(=O)NC6=O)C7=O)CC5)CSc5ccccc5)c(S(=O)(=O)C(F)(F)F)c4)cc3)CC2)CCC(C)(C)C1. The number of carbonyl (C=O) groups is 6. The number of nitrogens with one attached hydrogen (secondary N) is 4. The Morgan fingerprint density at radius 2 is 1.45 bits per heavy atom. The lowest BCUT2D eigenvalue weighted by molar-refractivity contribution is -0.136. The van der Waals surface area contributed by atoms with E-state index in [2.05, 4.69) is 62.9 Å². The Bertz CT molecular complexity index is 3650. The lowest BCUT2D eigenvalue weighted by atomic mass is 9.72. The van der Waals surface area contributed by atoms with Gasteiger partial charge in [0.15, 0.2) is 0 Å². The molecule has 4 aliphatic heterocycles. The summed E-state index contributed by atoms with van der Waals surface area (Å²) in [5, 5.41) is 7.98. The second-order valence-electron chi connectivity index (χ2n) is 25.3. The van der Waals surface area contributed by atoms with Crippen LogP contribution in [0.4, 0.5) is 30.2 Å². The van der Waals surface area contributed by atoms with Crippen LogP contribution in [0.15, 0.2) is 129 Å². The van der Waals surface area contributed by atoms with Crippen LogP contribution in [-0.4, -0.2) is 167 Å². The van der Waals surface area contributed by atoms with E-state index < -0.39 is 82.5 Å². The molecule has 3 saturated heterocycles. The molecule has 0 radical (unpaired) electrons. The number of allylic oxidation sites excluding steroid dienone is 2. The Hall–Kier alpha value is -6.90. The minimum atomic E-state index is -6.14. The molecular weight excluding hydrogens is 1240 g/mol. The van der Waals surface area contributed by atoms with Crippen LogP contribution in [0.5, 0.6) is 0 Å². The maximum atomic E-state index is 14.5. The Morgan fingerprint density at radius 3 is 2.13 bits per heavy atom. The molecule has 0 saturated carbocycles. The van der Waals surface area contributed by atoms with E-state index in [4.69, 9.17) is 0 Å². The van der Waals surface area contributed by atoms with E-state index in [-0.39, 0.29) is 53.0 Å². The molecule has 4 heterocycles. The second-order valence-corrected chi connectivity index (χ2v) is 30.0. The molecule has 92 heavy (non-hydrogen) atoms. The molecule has 4 aromatic carbocycles. The fraction of sp³-hybridized carbons (Fsp3) is 0.493. The van der Waals surface area contributed by atoms with E-state index in [1.807, 2.05) is 35.1 Å². The van der Waals surface area contributed by atoms with E-state index in [9.17, 15) is 58.8 Å². The highest BCUT2D eigenvalue weighted by Gasteiger charge is 2.49. The number of imide groups is 2. The average molecular weight is 1330 g/mol. The van der Waals surface area contributed by atoms with Crippen molar-refractivity contribution in [2.75, 3.05) is 93.3 Å². The number of sulfone groups is 1. The first kappa shape index (κ1) is 69.4. The highest BCUT2D eigenvalue weighted by molar-refractivity contribution is 7.99. The maximum absolute atomic E-state index is 14.5. The molecule has 4 aromatic rings. The number of amides is 6. The highest BCUT2D eigenvalue weighted by Crippen LogP contribution is 2.43. The van der Waals surface area contributed by atoms with Crippen LogP contribution in [0, 0.1) is 5.41 Å². The third-order valence-corrected chi connectivity index (χ3v) is 22.0. The molecule has 3 fully saturated rings. The summed E-state index contributed by atoms with van der Waals surface area (Å²) in [6, 6.07) is 21.0. The van der Waals surface area contributed by atoms with Crippen molar-refractivity contribution >= 4 is 84.1 Å². The molecule has 0 aromatic heterocycles. The van der Waals surface area contributed by atoms with Gasteiger partial charge in [-0.05, 0) is 142 Å². The fourth-order valence-electron chi connectivity index (χ4n) is 12.6. The molecule has 25 heteroatoms. The molecule has 496 valence electrons. The molecule has 1 aliphatic carbocycles. The first-order valence-electron chi connectivity index (χ1n) is 31.8. The number of piperidine rings is 1. The van der Waals surface area contributed by atoms with E-state index in [0.717, 1.165) is 138 Å². The summed E-state index contributed by atoms with van der Waals surface area (Å²) in [7, 11) is -11.0. The van der Waals surface area contributed by atoms with Gasteiger partial charge in [-0.2, -0.15) is 13.2 Å². The number of anilines is 3. The van der Waals surface area contributed by atoms with Gasteiger partial charge in [-0.3, -0.25) is 43.9 Å². The monoisotopic (exact) mass is 1330 g/mol. The summed E-state index contributed by atoms with van der Waals surface area (Å²) >= 11 is 1.43. The summed E-state index contributed by atoms with van der Waals surface area (Å²) in [4.78, 5) is 86.3. The largest absolute Gasteiger partial charge is 0.501 e. The standard InChI is InChI=1S/C67H84F3N9O10S3/c1-5-6-15-46(2)54-43-66(3,4)31-29-48(54)44-77-38-40-78(41-39-77)50-23-21-47(22-24-50)62(82)74-92(88,89)52-25-26-55(58(42-52)91(86,87)67(68,69)70)71-49(45-90-51-16-10-9-11-17-51)30-33-76-36-34-75(35-37-76)32-13-8-7-12-20-59(80)72-56-19-14-18-53-61(56)65(85)79(64(53)84)57-27-28-60(81)73-63(57)83/h9-11,14,16-19,21-26,42,49,57,71H,2,5-8,12-13,15,20,27-41,43-45H2,1,3-4H3,(H,72,80)(H,74,82)(H,73,81,83)/t49-,57?/m1/s1. The van der Waals surface area contributed by atoms with Gasteiger partial charge in [0.1, 0.15) is 10.9 Å². The Morgan fingerprint density at radius 1 is 0.761 bits per heavy atom. The van der Waals surface area contributed by atoms with Gasteiger partial charge in [-0.15, -0.1) is 11.8 Å². The molecule has 0 spiro atoms. The third-order valence-electron chi connectivity index (χ3n) is 18.0. The average Bonchev–Trinajstić information content (AvgIpc) is 1.54. The predicted octanol–water partition coefficient (Wildman–Crippen LogP) is 10.0. The molecular formula is C67H84F3N9O10S3. The number of halogens is 3. The number of hydrogen-bond donors (Lipinski definition) is 4. The van der Waals surface area contributed by atoms with E-state index in [1.54, 1.807) is 18.2 Å². The van der Waals surface area contributed by atoms with E-state index >= 15 is 0 Å². The van der Waals surface area contributed by atoms with Gasteiger partial charge in [-0.25, -0.2) is 21.6 Å². The third kappa shape index (κ3) is 17.5. The van der Waals surface area contributed by atoms with Gasteiger partial charge in [0.25, 0.3) is 37.6 Å². The maximum Gasteiger partial charge on any atom is 0.501 e. The lowest BCUT2D eigenvalue weighted by Gasteiger charge is -2.39. The molecule has 1 unspecified atom stereocenters. The number of unbranched alkanes of at least 4 members (excludes halogenated alkanes) is 4. The predicted molar refractivity (Wildman–Crippen MR) is 350 cm³/mol. The first-order chi connectivity index (χ1) is 43.8. The zero-order chi connectivity index (χ0) is 66.0. The zero-order valence-corrected chi connectivity index (χ0v) is 55.0. The number of thioether (sulfide) groups is 1. The van der Waals surface area contributed by atoms with Crippen molar-refractivity contribution in [2.45, 2.75) is 143 Å². The normalized spacial score (nSPS) is 19.0. The number of piperazine rings is 2. The van der Waals surface area contributed by atoms with Gasteiger partial charge < -0.3 is 25.3 Å². The number of nitrogens with zero attached hydrogens (tertiary/aromatic N) is 5. The van der Waals surface area contributed by atoms with Crippen LogP contribution in [-0.2, 0) is 34.2 Å². The summed E-state index contributed by atoms with van der Waals surface area (Å²) in [5.74, 6) is -3.62. The smallest absolute Gasteiger partial charge is 0.380 e. The molecule has 9 rings (SSSR count). The molecule has 19 nitrogen and oxygen atoms in total. The van der Waals surface area contributed by atoms with Crippen LogP contribution in [0.2, 0.25) is 0 Å². The van der Waals surface area contributed by atoms with Crippen molar-refractivity contribution in [2.24, 2.45) is 5.41 Å². The van der Waals surface area contributed by atoms with E-state index in [1.165, 1.54) is 52.7 Å². The molecule has 2 atom stereocenters. The van der Waals surface area contributed by atoms with Gasteiger partial charge in [0, 0.05) is 106 Å². The number of alkyl halides is 3. The Labute approximate surface area is 542 Å². The zero-order valence-electron chi connectivity index (χ0n) is 52.6. The summed E-state index contributed by atoms with van der Waals surface area (Å²) < 4.78 is 99.8. The minimum absolute atomic E-state index is 0.0114. The van der Waals surface area contributed by atoms with Gasteiger partial charge in [0.05, 0.1) is 27.4 Å². The minimum Gasteiger partial charge on any atom is -0.380 e. The summed E-state index contributed by atoms with van der Waals surface area (Å²) in [6.07, 6.45) is 10.1. The van der Waals surface area contributed by atoms with Crippen molar-refractivity contribution in [3.63, 3.8) is 0 Å². The van der Waals surface area contributed by atoms with Crippen LogP contribution in [0.1, 0.15) is 142 Å². The topological polar surface area (TPSA) is 235 Å². The Balaban J connectivity index is 0.753. The van der Waals surface area contributed by atoms with Gasteiger partial charge in [0.2, 0.25) is 17.7 Å². The fourth-order valence-corrected chi connectivity index (χ4v) is 15.6.